The zero-order chi connectivity index (χ0) is 20.1. The molecule has 7 heteroatoms. The van der Waals surface area contributed by atoms with Gasteiger partial charge in [-0.05, 0) is 59.8 Å². The molecule has 3 rings (SSSR count). The number of amidine groups is 1. The summed E-state index contributed by atoms with van der Waals surface area (Å²) in [4.78, 5) is 30.3. The van der Waals surface area contributed by atoms with Gasteiger partial charge in [-0.2, -0.15) is 0 Å². The molecule has 0 aliphatic carbocycles. The van der Waals surface area contributed by atoms with Crippen molar-refractivity contribution in [3.8, 4) is 5.75 Å². The van der Waals surface area contributed by atoms with E-state index in [4.69, 9.17) is 9.84 Å². The monoisotopic (exact) mass is 394 g/mol. The largest absolute Gasteiger partial charge is 0.497 e. The Labute approximate surface area is 166 Å². The molecule has 0 radical (unpaired) electrons. The van der Waals surface area contributed by atoms with Crippen molar-refractivity contribution >= 4 is 40.6 Å². The number of aliphatic imine (C=N–C) groups is 1. The molecule has 0 bridgehead atoms. The molecule has 1 aliphatic heterocycles. The number of benzene rings is 2. The Bertz CT molecular complexity index is 963. The number of carbonyl (C=O) groups is 2. The van der Waals surface area contributed by atoms with Crippen LogP contribution in [0.15, 0.2) is 71.1 Å². The van der Waals surface area contributed by atoms with Gasteiger partial charge >= 0.3 is 5.97 Å². The number of aromatic carboxylic acids is 1. The topological polar surface area (TPSA) is 79.2 Å². The first-order valence-electron chi connectivity index (χ1n) is 8.40. The lowest BCUT2D eigenvalue weighted by atomic mass is 10.2. The van der Waals surface area contributed by atoms with E-state index in [-0.39, 0.29) is 11.5 Å². The lowest BCUT2D eigenvalue weighted by Crippen LogP contribution is -2.29. The Balaban J connectivity index is 1.89. The molecule has 0 saturated carbocycles. The maximum absolute atomic E-state index is 12.8. The molecule has 0 atom stereocenters. The van der Waals surface area contributed by atoms with Crippen molar-refractivity contribution < 1.29 is 19.4 Å². The van der Waals surface area contributed by atoms with Gasteiger partial charge in [-0.25, -0.2) is 9.79 Å². The van der Waals surface area contributed by atoms with E-state index in [9.17, 15) is 9.59 Å². The second-order valence-corrected chi connectivity index (χ2v) is 6.84. The van der Waals surface area contributed by atoms with Crippen molar-refractivity contribution in [2.24, 2.45) is 4.99 Å². The SMILES string of the molecule is C=CCN1C(=O)C(=Cc2ccc(OC)cc2)SC1=Nc1ccc(C(=O)O)cc1. The van der Waals surface area contributed by atoms with Crippen LogP contribution in [0.25, 0.3) is 6.08 Å². The fourth-order valence-corrected chi connectivity index (χ4v) is 3.53. The predicted molar refractivity (Wildman–Crippen MR) is 111 cm³/mol. The summed E-state index contributed by atoms with van der Waals surface area (Å²) in [7, 11) is 1.60. The summed E-state index contributed by atoms with van der Waals surface area (Å²) in [5.74, 6) is -0.405. The van der Waals surface area contributed by atoms with E-state index in [0.717, 1.165) is 11.3 Å². The Morgan fingerprint density at radius 1 is 1.21 bits per heavy atom. The minimum Gasteiger partial charge on any atom is -0.497 e. The Hall–Kier alpha value is -3.32. The van der Waals surface area contributed by atoms with Gasteiger partial charge in [-0.3, -0.25) is 9.69 Å². The molecule has 1 saturated heterocycles. The third-order valence-electron chi connectivity index (χ3n) is 3.95. The standard InChI is InChI=1S/C21H18N2O4S/c1-3-12-23-19(24)18(13-14-4-10-17(27-2)11-5-14)28-21(23)22-16-8-6-15(7-9-16)20(25)26/h3-11,13H,1,12H2,2H3,(H,25,26). The van der Waals surface area contributed by atoms with Crippen LogP contribution in [0.3, 0.4) is 0 Å². The zero-order valence-electron chi connectivity index (χ0n) is 15.2. The van der Waals surface area contributed by atoms with E-state index >= 15 is 0 Å². The van der Waals surface area contributed by atoms with Gasteiger partial charge in [0.05, 0.1) is 23.3 Å². The first kappa shape index (κ1) is 19.4. The second kappa shape index (κ2) is 8.58. The van der Waals surface area contributed by atoms with Crippen molar-refractivity contribution in [3.05, 3.63) is 77.2 Å². The molecule has 2 aromatic carbocycles. The van der Waals surface area contributed by atoms with Crippen molar-refractivity contribution in [2.75, 3.05) is 13.7 Å². The van der Waals surface area contributed by atoms with Gasteiger partial charge in [0.2, 0.25) is 0 Å². The van der Waals surface area contributed by atoms with Crippen LogP contribution in [0.4, 0.5) is 5.69 Å². The van der Waals surface area contributed by atoms with E-state index in [1.807, 2.05) is 24.3 Å². The molecule has 142 valence electrons. The van der Waals surface area contributed by atoms with E-state index in [2.05, 4.69) is 11.6 Å². The summed E-state index contributed by atoms with van der Waals surface area (Å²) >= 11 is 1.27. The normalized spacial score (nSPS) is 16.6. The number of thioether (sulfide) groups is 1. The van der Waals surface area contributed by atoms with Gasteiger partial charge in [0.15, 0.2) is 5.17 Å². The average Bonchev–Trinajstić information content (AvgIpc) is 2.98. The lowest BCUT2D eigenvalue weighted by molar-refractivity contribution is -0.121. The summed E-state index contributed by atoms with van der Waals surface area (Å²) in [5.41, 5.74) is 1.63. The molecule has 28 heavy (non-hydrogen) atoms. The number of carboxylic acids is 1. The molecule has 1 N–H and O–H groups in total. The first-order chi connectivity index (χ1) is 13.5. The highest BCUT2D eigenvalue weighted by molar-refractivity contribution is 8.18. The molecule has 1 heterocycles. The first-order valence-corrected chi connectivity index (χ1v) is 9.22. The smallest absolute Gasteiger partial charge is 0.335 e. The van der Waals surface area contributed by atoms with Crippen molar-refractivity contribution in [3.63, 3.8) is 0 Å². The van der Waals surface area contributed by atoms with Gasteiger partial charge in [-0.15, -0.1) is 6.58 Å². The summed E-state index contributed by atoms with van der Waals surface area (Å²) < 4.78 is 5.15. The minimum atomic E-state index is -0.998. The molecule has 1 aliphatic rings. The van der Waals surface area contributed by atoms with Crippen molar-refractivity contribution in [1.82, 2.24) is 4.90 Å². The Morgan fingerprint density at radius 3 is 2.46 bits per heavy atom. The van der Waals surface area contributed by atoms with Gasteiger partial charge in [0.1, 0.15) is 5.75 Å². The summed E-state index contributed by atoms with van der Waals surface area (Å²) in [6.45, 7) is 4.03. The quantitative estimate of drug-likeness (QED) is 0.587. The highest BCUT2D eigenvalue weighted by atomic mass is 32.2. The highest BCUT2D eigenvalue weighted by Crippen LogP contribution is 2.34. The third-order valence-corrected chi connectivity index (χ3v) is 4.96. The molecule has 0 spiro atoms. The van der Waals surface area contributed by atoms with Gasteiger partial charge in [0, 0.05) is 6.54 Å². The fraction of sp³-hybridized carbons (Fsp3) is 0.0952. The van der Waals surface area contributed by atoms with Crippen LogP contribution in [0.5, 0.6) is 5.75 Å². The number of hydrogen-bond acceptors (Lipinski definition) is 5. The zero-order valence-corrected chi connectivity index (χ0v) is 16.0. The van der Waals surface area contributed by atoms with E-state index in [1.54, 1.807) is 31.4 Å². The molecule has 0 aromatic heterocycles. The fourth-order valence-electron chi connectivity index (χ4n) is 2.52. The van der Waals surface area contributed by atoms with E-state index < -0.39 is 5.97 Å². The van der Waals surface area contributed by atoms with Crippen LogP contribution < -0.4 is 4.74 Å². The predicted octanol–water partition coefficient (Wildman–Crippen LogP) is 4.18. The number of amides is 1. The number of carboxylic acid groups (broad SMARTS) is 1. The molecule has 0 unspecified atom stereocenters. The second-order valence-electron chi connectivity index (χ2n) is 5.83. The highest BCUT2D eigenvalue weighted by Gasteiger charge is 2.32. The maximum atomic E-state index is 12.8. The van der Waals surface area contributed by atoms with Crippen LogP contribution in [0.2, 0.25) is 0 Å². The number of carbonyl (C=O) groups excluding carboxylic acids is 1. The summed E-state index contributed by atoms with van der Waals surface area (Å²) in [6.07, 6.45) is 3.44. The number of nitrogens with zero attached hydrogens (tertiary/aromatic N) is 2. The average molecular weight is 394 g/mol. The van der Waals surface area contributed by atoms with Gasteiger partial charge in [-0.1, -0.05) is 18.2 Å². The number of methoxy groups -OCH3 is 1. The van der Waals surface area contributed by atoms with Gasteiger partial charge < -0.3 is 9.84 Å². The van der Waals surface area contributed by atoms with Crippen molar-refractivity contribution in [2.45, 2.75) is 0 Å². The number of ether oxygens (including phenoxy) is 1. The van der Waals surface area contributed by atoms with Crippen LogP contribution in [-0.4, -0.2) is 40.7 Å². The Kier molecular flexibility index (Phi) is 5.96. The lowest BCUT2D eigenvalue weighted by Gasteiger charge is -2.12. The maximum Gasteiger partial charge on any atom is 0.335 e. The Morgan fingerprint density at radius 2 is 1.89 bits per heavy atom. The number of rotatable bonds is 6. The molecular formula is C21H18N2O4S. The van der Waals surface area contributed by atoms with E-state index in [0.29, 0.717) is 22.3 Å². The van der Waals surface area contributed by atoms with Crippen LogP contribution in [0, 0.1) is 0 Å². The van der Waals surface area contributed by atoms with E-state index in [1.165, 1.54) is 28.8 Å². The third kappa shape index (κ3) is 4.32. The van der Waals surface area contributed by atoms with Gasteiger partial charge in [0.25, 0.3) is 5.91 Å². The molecule has 1 fully saturated rings. The molecular weight excluding hydrogens is 376 g/mol. The molecule has 1 amide bonds. The number of hydrogen-bond donors (Lipinski definition) is 1. The van der Waals surface area contributed by atoms with Crippen LogP contribution in [0.1, 0.15) is 15.9 Å². The van der Waals surface area contributed by atoms with Crippen LogP contribution >= 0.6 is 11.8 Å². The summed E-state index contributed by atoms with van der Waals surface area (Å²) in [5, 5.41) is 9.52. The summed E-state index contributed by atoms with van der Waals surface area (Å²) in [6, 6.07) is 13.6. The minimum absolute atomic E-state index is 0.151. The van der Waals surface area contributed by atoms with Crippen LogP contribution in [-0.2, 0) is 4.79 Å². The molecule has 2 aromatic rings. The van der Waals surface area contributed by atoms with Crippen molar-refractivity contribution in [1.29, 1.82) is 0 Å². The molecule has 6 nitrogen and oxygen atoms in total.